The van der Waals surface area contributed by atoms with E-state index in [2.05, 4.69) is 12.2 Å². The summed E-state index contributed by atoms with van der Waals surface area (Å²) in [6, 6.07) is 6.66. The maximum atomic E-state index is 11.8. The largest absolute Gasteiger partial charge is 0.452 e. The minimum Gasteiger partial charge on any atom is -0.452 e. The molecule has 5 heteroatoms. The summed E-state index contributed by atoms with van der Waals surface area (Å²) in [7, 11) is 0. The van der Waals surface area contributed by atoms with Gasteiger partial charge < -0.3 is 10.1 Å². The Labute approximate surface area is 129 Å². The SMILES string of the molecule is C[C@H]1CCCC[C@H]1NC(=O)COC(=O)c1cccc(Cl)c1. The highest BCUT2D eigenvalue weighted by Crippen LogP contribution is 2.23. The Morgan fingerprint density at radius 2 is 2.10 bits per heavy atom. The molecule has 4 nitrogen and oxygen atoms in total. The number of halogens is 1. The summed E-state index contributed by atoms with van der Waals surface area (Å²) in [6.07, 6.45) is 4.48. The molecule has 1 amide bonds. The van der Waals surface area contributed by atoms with Gasteiger partial charge in [0, 0.05) is 11.1 Å². The number of nitrogens with one attached hydrogen (secondary N) is 1. The van der Waals surface area contributed by atoms with Gasteiger partial charge in [-0.15, -0.1) is 0 Å². The number of benzene rings is 1. The molecule has 0 heterocycles. The molecule has 2 atom stereocenters. The number of hydrogen-bond donors (Lipinski definition) is 1. The highest BCUT2D eigenvalue weighted by molar-refractivity contribution is 6.30. The van der Waals surface area contributed by atoms with Crippen molar-refractivity contribution in [3.8, 4) is 0 Å². The molecule has 0 bridgehead atoms. The lowest BCUT2D eigenvalue weighted by atomic mass is 9.86. The van der Waals surface area contributed by atoms with Crippen LogP contribution in [0.1, 0.15) is 43.0 Å². The highest BCUT2D eigenvalue weighted by Gasteiger charge is 2.23. The summed E-state index contributed by atoms with van der Waals surface area (Å²) >= 11 is 5.81. The van der Waals surface area contributed by atoms with E-state index < -0.39 is 5.97 Å². The maximum absolute atomic E-state index is 11.8. The summed E-state index contributed by atoms with van der Waals surface area (Å²) in [4.78, 5) is 23.6. The van der Waals surface area contributed by atoms with Gasteiger partial charge in [-0.3, -0.25) is 4.79 Å². The van der Waals surface area contributed by atoms with E-state index in [-0.39, 0.29) is 18.6 Å². The average molecular weight is 310 g/mol. The zero-order chi connectivity index (χ0) is 15.2. The van der Waals surface area contributed by atoms with E-state index in [4.69, 9.17) is 16.3 Å². The summed E-state index contributed by atoms with van der Waals surface area (Å²) in [6.45, 7) is 1.89. The number of ether oxygens (including phenoxy) is 1. The van der Waals surface area contributed by atoms with Crippen LogP contribution in [0.4, 0.5) is 0 Å². The highest BCUT2D eigenvalue weighted by atomic mass is 35.5. The molecule has 1 aliphatic carbocycles. The van der Waals surface area contributed by atoms with E-state index in [1.807, 2.05) is 0 Å². The molecule has 0 spiro atoms. The van der Waals surface area contributed by atoms with Crippen LogP contribution in [0.25, 0.3) is 0 Å². The van der Waals surface area contributed by atoms with Gasteiger partial charge in [0.25, 0.3) is 5.91 Å². The van der Waals surface area contributed by atoms with Gasteiger partial charge in [0.2, 0.25) is 0 Å². The molecule has 1 aliphatic rings. The Morgan fingerprint density at radius 3 is 2.81 bits per heavy atom. The van der Waals surface area contributed by atoms with E-state index in [1.165, 1.54) is 12.5 Å². The molecule has 21 heavy (non-hydrogen) atoms. The maximum Gasteiger partial charge on any atom is 0.338 e. The van der Waals surface area contributed by atoms with Crippen molar-refractivity contribution in [1.29, 1.82) is 0 Å². The Bertz CT molecular complexity index is 518. The fraction of sp³-hybridized carbons (Fsp3) is 0.500. The fourth-order valence-electron chi connectivity index (χ4n) is 2.61. The van der Waals surface area contributed by atoms with Crippen LogP contribution in [0.2, 0.25) is 5.02 Å². The second-order valence-electron chi connectivity index (χ2n) is 5.52. The molecule has 1 saturated carbocycles. The average Bonchev–Trinajstić information content (AvgIpc) is 2.47. The topological polar surface area (TPSA) is 55.4 Å². The lowest BCUT2D eigenvalue weighted by Crippen LogP contribution is -2.42. The summed E-state index contributed by atoms with van der Waals surface area (Å²) in [5.41, 5.74) is 0.348. The fourth-order valence-corrected chi connectivity index (χ4v) is 2.80. The molecule has 1 aromatic carbocycles. The van der Waals surface area contributed by atoms with Crippen LogP contribution in [0, 0.1) is 5.92 Å². The second kappa shape index (κ2) is 7.46. The first-order valence-electron chi connectivity index (χ1n) is 7.28. The normalized spacial score (nSPS) is 21.6. The van der Waals surface area contributed by atoms with Crippen molar-refractivity contribution < 1.29 is 14.3 Å². The summed E-state index contributed by atoms with van der Waals surface area (Å²) in [5, 5.41) is 3.41. The van der Waals surface area contributed by atoms with Crippen LogP contribution in [0.15, 0.2) is 24.3 Å². The third-order valence-corrected chi connectivity index (χ3v) is 4.09. The molecule has 0 saturated heterocycles. The number of carbonyl (C=O) groups excluding carboxylic acids is 2. The molecule has 2 rings (SSSR count). The molecule has 1 fully saturated rings. The molecule has 114 valence electrons. The van der Waals surface area contributed by atoms with Gasteiger partial charge in [-0.25, -0.2) is 4.79 Å². The van der Waals surface area contributed by atoms with Gasteiger partial charge in [0.1, 0.15) is 0 Å². The van der Waals surface area contributed by atoms with Crippen LogP contribution in [0.3, 0.4) is 0 Å². The molecule has 0 radical (unpaired) electrons. The van der Waals surface area contributed by atoms with Crippen LogP contribution in [0.5, 0.6) is 0 Å². The number of carbonyl (C=O) groups is 2. The number of hydrogen-bond acceptors (Lipinski definition) is 3. The first kappa shape index (κ1) is 15.8. The van der Waals surface area contributed by atoms with Crippen molar-refractivity contribution in [2.45, 2.75) is 38.6 Å². The molecule has 0 unspecified atom stereocenters. The standard InChI is InChI=1S/C16H20ClNO3/c1-11-5-2-3-8-14(11)18-15(19)10-21-16(20)12-6-4-7-13(17)9-12/h4,6-7,9,11,14H,2-3,5,8,10H2,1H3,(H,18,19)/t11-,14+/m0/s1. The number of esters is 1. The smallest absolute Gasteiger partial charge is 0.338 e. The Balaban J connectivity index is 1.79. The molecule has 1 N–H and O–H groups in total. The molecular formula is C16H20ClNO3. The summed E-state index contributed by atoms with van der Waals surface area (Å²) < 4.78 is 5.01. The van der Waals surface area contributed by atoms with Crippen molar-refractivity contribution >= 4 is 23.5 Å². The van der Waals surface area contributed by atoms with Gasteiger partial charge >= 0.3 is 5.97 Å². The van der Waals surface area contributed by atoms with E-state index in [0.29, 0.717) is 16.5 Å². The monoisotopic (exact) mass is 309 g/mol. The number of amides is 1. The minimum atomic E-state index is -0.538. The Hall–Kier alpha value is -1.55. The third-order valence-electron chi connectivity index (χ3n) is 3.85. The van der Waals surface area contributed by atoms with Crippen molar-refractivity contribution in [2.75, 3.05) is 6.61 Å². The van der Waals surface area contributed by atoms with Crippen LogP contribution in [-0.2, 0) is 9.53 Å². The number of rotatable bonds is 4. The van der Waals surface area contributed by atoms with Gasteiger partial charge in [-0.1, -0.05) is 37.4 Å². The lowest BCUT2D eigenvalue weighted by molar-refractivity contribution is -0.125. The van der Waals surface area contributed by atoms with Crippen molar-refractivity contribution in [3.05, 3.63) is 34.9 Å². The van der Waals surface area contributed by atoms with Crippen LogP contribution < -0.4 is 5.32 Å². The first-order chi connectivity index (χ1) is 10.1. The van der Waals surface area contributed by atoms with Gasteiger partial charge in [-0.05, 0) is 37.0 Å². The molecule has 0 aromatic heterocycles. The predicted molar refractivity (Wildman–Crippen MR) is 81.3 cm³/mol. The third kappa shape index (κ3) is 4.74. The van der Waals surface area contributed by atoms with Gasteiger partial charge in [0.05, 0.1) is 5.56 Å². The minimum absolute atomic E-state index is 0.191. The van der Waals surface area contributed by atoms with Crippen LogP contribution >= 0.6 is 11.6 Å². The summed E-state index contributed by atoms with van der Waals surface area (Å²) in [5.74, 6) is -0.306. The van der Waals surface area contributed by atoms with E-state index in [0.717, 1.165) is 19.3 Å². The van der Waals surface area contributed by atoms with Crippen molar-refractivity contribution in [1.82, 2.24) is 5.32 Å². The quantitative estimate of drug-likeness (QED) is 0.869. The van der Waals surface area contributed by atoms with E-state index >= 15 is 0 Å². The lowest BCUT2D eigenvalue weighted by Gasteiger charge is -2.29. The van der Waals surface area contributed by atoms with Gasteiger partial charge in [-0.2, -0.15) is 0 Å². The van der Waals surface area contributed by atoms with Gasteiger partial charge in [0.15, 0.2) is 6.61 Å². The van der Waals surface area contributed by atoms with E-state index in [9.17, 15) is 9.59 Å². The molecular weight excluding hydrogens is 290 g/mol. The molecule has 0 aliphatic heterocycles. The van der Waals surface area contributed by atoms with Crippen LogP contribution in [-0.4, -0.2) is 24.5 Å². The van der Waals surface area contributed by atoms with Crippen molar-refractivity contribution in [2.24, 2.45) is 5.92 Å². The zero-order valence-corrected chi connectivity index (χ0v) is 12.9. The second-order valence-corrected chi connectivity index (χ2v) is 5.96. The van der Waals surface area contributed by atoms with E-state index in [1.54, 1.807) is 18.2 Å². The zero-order valence-electron chi connectivity index (χ0n) is 12.1. The molecule has 1 aromatic rings. The Morgan fingerprint density at radius 1 is 1.33 bits per heavy atom. The Kier molecular flexibility index (Phi) is 5.62. The predicted octanol–water partition coefficient (Wildman–Crippen LogP) is 3.19. The first-order valence-corrected chi connectivity index (χ1v) is 7.66. The van der Waals surface area contributed by atoms with Crippen molar-refractivity contribution in [3.63, 3.8) is 0 Å².